The molecule has 6 heteroatoms. The molecule has 2 unspecified atom stereocenters. The fourth-order valence-electron chi connectivity index (χ4n) is 2.36. The fourth-order valence-corrected chi connectivity index (χ4v) is 2.65. The molecule has 0 radical (unpaired) electrons. The van der Waals surface area contributed by atoms with Crippen molar-refractivity contribution < 1.29 is 9.59 Å². The van der Waals surface area contributed by atoms with Crippen molar-refractivity contribution in [3.05, 3.63) is 28.2 Å². The van der Waals surface area contributed by atoms with E-state index in [2.05, 4.69) is 5.32 Å². The first-order valence-electron chi connectivity index (χ1n) is 6.58. The number of hydrogen-bond donors (Lipinski definition) is 1. The average Bonchev–Trinajstić information content (AvgIpc) is 2.43. The minimum atomic E-state index is -0.512. The molecule has 0 aliphatic carbocycles. The molecule has 4 nitrogen and oxygen atoms in total. The lowest BCUT2D eigenvalue weighted by atomic mass is 10.0. The van der Waals surface area contributed by atoms with Gasteiger partial charge in [0.25, 0.3) is 0 Å². The van der Waals surface area contributed by atoms with Crippen LogP contribution < -0.4 is 10.2 Å². The number of amides is 2. The summed E-state index contributed by atoms with van der Waals surface area (Å²) in [6.45, 7) is 3.73. The van der Waals surface area contributed by atoms with Crippen LogP contribution in [-0.4, -0.2) is 23.9 Å². The van der Waals surface area contributed by atoms with Gasteiger partial charge in [0, 0.05) is 5.69 Å². The van der Waals surface area contributed by atoms with Crippen LogP contribution in [0.2, 0.25) is 10.0 Å². The summed E-state index contributed by atoms with van der Waals surface area (Å²) in [6, 6.07) is 3.96. The van der Waals surface area contributed by atoms with Crippen LogP contribution >= 0.6 is 23.2 Å². The summed E-state index contributed by atoms with van der Waals surface area (Å²) in [6.07, 6.45) is 1.09. The number of rotatable bonds is 3. The molecule has 2 rings (SSSR count). The van der Waals surface area contributed by atoms with Gasteiger partial charge in [-0.05, 0) is 31.0 Å². The Morgan fingerprint density at radius 2 is 1.85 bits per heavy atom. The zero-order valence-corrected chi connectivity index (χ0v) is 12.8. The lowest BCUT2D eigenvalue weighted by Gasteiger charge is -2.38. The number of carbonyl (C=O) groups is 2. The number of nitrogens with one attached hydrogen (secondary N) is 1. The van der Waals surface area contributed by atoms with E-state index in [1.165, 1.54) is 4.90 Å². The van der Waals surface area contributed by atoms with Crippen LogP contribution in [-0.2, 0) is 9.59 Å². The van der Waals surface area contributed by atoms with Gasteiger partial charge >= 0.3 is 0 Å². The van der Waals surface area contributed by atoms with Crippen LogP contribution in [0.4, 0.5) is 5.69 Å². The Morgan fingerprint density at radius 1 is 1.15 bits per heavy atom. The van der Waals surface area contributed by atoms with Gasteiger partial charge in [-0.1, -0.05) is 37.0 Å². The molecular weight excluding hydrogens is 299 g/mol. The van der Waals surface area contributed by atoms with E-state index in [0.29, 0.717) is 28.6 Å². The van der Waals surface area contributed by atoms with Crippen molar-refractivity contribution in [2.24, 2.45) is 0 Å². The van der Waals surface area contributed by atoms with Crippen molar-refractivity contribution in [2.75, 3.05) is 4.90 Å². The van der Waals surface area contributed by atoms with Gasteiger partial charge in [-0.3, -0.25) is 14.5 Å². The molecule has 1 aromatic rings. The van der Waals surface area contributed by atoms with Gasteiger partial charge in [-0.15, -0.1) is 0 Å². The summed E-state index contributed by atoms with van der Waals surface area (Å²) in [4.78, 5) is 26.1. The van der Waals surface area contributed by atoms with Crippen LogP contribution in [0.25, 0.3) is 0 Å². The number of halogens is 2. The van der Waals surface area contributed by atoms with Gasteiger partial charge in [0.15, 0.2) is 0 Å². The molecule has 20 heavy (non-hydrogen) atoms. The van der Waals surface area contributed by atoms with E-state index in [-0.39, 0.29) is 11.8 Å². The van der Waals surface area contributed by atoms with Crippen LogP contribution in [0.5, 0.6) is 0 Å². The Morgan fingerprint density at radius 3 is 2.40 bits per heavy atom. The molecule has 0 aromatic heterocycles. The summed E-state index contributed by atoms with van der Waals surface area (Å²) in [5, 5.41) is 3.54. The molecule has 1 fully saturated rings. The summed E-state index contributed by atoms with van der Waals surface area (Å²) < 4.78 is 0. The minimum absolute atomic E-state index is 0.114. The van der Waals surface area contributed by atoms with E-state index < -0.39 is 12.1 Å². The molecule has 1 saturated heterocycles. The number of anilines is 1. The Bertz CT molecular complexity index is 548. The molecule has 1 aromatic carbocycles. The van der Waals surface area contributed by atoms with Crippen molar-refractivity contribution in [2.45, 2.75) is 38.8 Å². The standard InChI is InChI=1S/C14H16Cl2N2O2/c1-3-11-14(20)18(12(4-2)13(19)17-11)8-5-6-9(15)10(16)7-8/h5-7,11-12H,3-4H2,1-2H3,(H,17,19). The first kappa shape index (κ1) is 15.1. The quantitative estimate of drug-likeness (QED) is 0.932. The molecule has 1 aliphatic rings. The topological polar surface area (TPSA) is 49.4 Å². The van der Waals surface area contributed by atoms with E-state index in [9.17, 15) is 9.59 Å². The van der Waals surface area contributed by atoms with Gasteiger partial charge in [0.05, 0.1) is 10.0 Å². The normalized spacial score (nSPS) is 22.9. The van der Waals surface area contributed by atoms with Crippen molar-refractivity contribution in [1.29, 1.82) is 0 Å². The highest BCUT2D eigenvalue weighted by atomic mass is 35.5. The highest BCUT2D eigenvalue weighted by molar-refractivity contribution is 6.42. The molecule has 2 amide bonds. The molecule has 0 saturated carbocycles. The molecule has 1 N–H and O–H groups in total. The van der Waals surface area contributed by atoms with Gasteiger partial charge in [-0.2, -0.15) is 0 Å². The lowest BCUT2D eigenvalue weighted by Crippen LogP contribution is -2.63. The molecular formula is C14H16Cl2N2O2. The van der Waals surface area contributed by atoms with Crippen LogP contribution in [0.15, 0.2) is 18.2 Å². The van der Waals surface area contributed by atoms with Crippen LogP contribution in [0.1, 0.15) is 26.7 Å². The SMILES string of the molecule is CCC1NC(=O)C(CC)N(c2ccc(Cl)c(Cl)c2)C1=O. The molecule has 0 spiro atoms. The van der Waals surface area contributed by atoms with E-state index >= 15 is 0 Å². The third-order valence-electron chi connectivity index (χ3n) is 3.44. The third-order valence-corrected chi connectivity index (χ3v) is 4.18. The maximum Gasteiger partial charge on any atom is 0.250 e. The second-order valence-corrected chi connectivity index (χ2v) is 5.51. The predicted molar refractivity (Wildman–Crippen MR) is 80.2 cm³/mol. The molecule has 1 heterocycles. The second-order valence-electron chi connectivity index (χ2n) is 4.70. The third kappa shape index (κ3) is 2.63. The first-order chi connectivity index (χ1) is 9.49. The van der Waals surface area contributed by atoms with E-state index in [1.807, 2.05) is 13.8 Å². The summed E-state index contributed by atoms with van der Waals surface area (Å²) in [7, 11) is 0. The summed E-state index contributed by atoms with van der Waals surface area (Å²) >= 11 is 11.9. The second kappa shape index (κ2) is 6.02. The Kier molecular flexibility index (Phi) is 4.55. The molecule has 0 bridgehead atoms. The van der Waals surface area contributed by atoms with Crippen molar-refractivity contribution in [3.63, 3.8) is 0 Å². The van der Waals surface area contributed by atoms with Crippen molar-refractivity contribution >= 4 is 40.7 Å². The maximum atomic E-state index is 12.5. The number of piperazine rings is 1. The minimum Gasteiger partial charge on any atom is -0.342 e. The number of carbonyl (C=O) groups excluding carboxylic acids is 2. The van der Waals surface area contributed by atoms with E-state index in [4.69, 9.17) is 23.2 Å². The number of hydrogen-bond acceptors (Lipinski definition) is 2. The maximum absolute atomic E-state index is 12.5. The van der Waals surface area contributed by atoms with E-state index in [0.717, 1.165) is 0 Å². The monoisotopic (exact) mass is 314 g/mol. The lowest BCUT2D eigenvalue weighted by molar-refractivity contribution is -0.134. The van der Waals surface area contributed by atoms with Crippen molar-refractivity contribution in [1.82, 2.24) is 5.32 Å². The van der Waals surface area contributed by atoms with Crippen LogP contribution in [0, 0.1) is 0 Å². The largest absolute Gasteiger partial charge is 0.342 e. The number of benzene rings is 1. The Labute approximate surface area is 128 Å². The summed E-state index contributed by atoms with van der Waals surface area (Å²) in [5.41, 5.74) is 0.601. The molecule has 1 aliphatic heterocycles. The van der Waals surface area contributed by atoms with Crippen LogP contribution in [0.3, 0.4) is 0 Å². The van der Waals surface area contributed by atoms with E-state index in [1.54, 1.807) is 18.2 Å². The average molecular weight is 315 g/mol. The van der Waals surface area contributed by atoms with Gasteiger partial charge in [0.1, 0.15) is 12.1 Å². The molecule has 108 valence electrons. The van der Waals surface area contributed by atoms with Crippen molar-refractivity contribution in [3.8, 4) is 0 Å². The fraction of sp³-hybridized carbons (Fsp3) is 0.429. The number of nitrogens with zero attached hydrogens (tertiary/aromatic N) is 1. The highest BCUT2D eigenvalue weighted by Gasteiger charge is 2.39. The summed E-state index contributed by atoms with van der Waals surface area (Å²) in [5.74, 6) is -0.248. The first-order valence-corrected chi connectivity index (χ1v) is 7.33. The Balaban J connectivity index is 2.44. The van der Waals surface area contributed by atoms with Gasteiger partial charge < -0.3 is 5.32 Å². The molecule has 2 atom stereocenters. The highest BCUT2D eigenvalue weighted by Crippen LogP contribution is 2.30. The smallest absolute Gasteiger partial charge is 0.250 e. The zero-order chi connectivity index (χ0) is 14.9. The van der Waals surface area contributed by atoms with Gasteiger partial charge in [0.2, 0.25) is 11.8 Å². The predicted octanol–water partition coefficient (Wildman–Crippen LogP) is 3.01. The van der Waals surface area contributed by atoms with Gasteiger partial charge in [-0.25, -0.2) is 0 Å². The Hall–Kier alpha value is -1.26. The zero-order valence-electron chi connectivity index (χ0n) is 11.3.